The number of fused-ring (bicyclic) bond motifs is 1. The average Bonchev–Trinajstić information content (AvgIpc) is 2.91. The van der Waals surface area contributed by atoms with E-state index in [0.29, 0.717) is 5.88 Å². The Bertz CT molecular complexity index is 603. The molecule has 3 rings (SSSR count). The molecule has 2 atom stereocenters. The number of halogens is 2. The lowest BCUT2D eigenvalue weighted by Crippen LogP contribution is -2.05. The Labute approximate surface area is 117 Å². The highest BCUT2D eigenvalue weighted by Crippen LogP contribution is 2.40. The van der Waals surface area contributed by atoms with Crippen molar-refractivity contribution in [2.24, 2.45) is 11.8 Å². The summed E-state index contributed by atoms with van der Waals surface area (Å²) >= 11 is 12.2. The zero-order valence-corrected chi connectivity index (χ0v) is 12.1. The van der Waals surface area contributed by atoms with E-state index in [9.17, 15) is 0 Å². The molecule has 2 aromatic rings. The lowest BCUT2D eigenvalue weighted by molar-refractivity contribution is 0.590. The third-order valence-electron chi connectivity index (χ3n) is 3.99. The highest BCUT2D eigenvalue weighted by atomic mass is 35.5. The van der Waals surface area contributed by atoms with Gasteiger partial charge in [-0.05, 0) is 42.9 Å². The summed E-state index contributed by atoms with van der Waals surface area (Å²) in [4.78, 5) is 4.61. The number of alkyl halides is 1. The van der Waals surface area contributed by atoms with Gasteiger partial charge in [0.2, 0.25) is 0 Å². The summed E-state index contributed by atoms with van der Waals surface area (Å²) in [7, 11) is 0. The van der Waals surface area contributed by atoms with Crippen LogP contribution in [0, 0.1) is 18.8 Å². The first-order valence-corrected chi connectivity index (χ1v) is 7.23. The van der Waals surface area contributed by atoms with Crippen molar-refractivity contribution in [2.75, 3.05) is 0 Å². The number of rotatable bonds is 3. The molecule has 2 nitrogen and oxygen atoms in total. The fourth-order valence-electron chi connectivity index (χ4n) is 2.61. The molecule has 1 aromatic carbocycles. The van der Waals surface area contributed by atoms with Crippen LogP contribution in [0.4, 0.5) is 0 Å². The molecule has 18 heavy (non-hydrogen) atoms. The van der Waals surface area contributed by atoms with Crippen molar-refractivity contribution in [1.82, 2.24) is 9.55 Å². The molecule has 1 fully saturated rings. The van der Waals surface area contributed by atoms with E-state index in [1.165, 1.54) is 6.42 Å². The smallest absolute Gasteiger partial charge is 0.124 e. The molecule has 4 heteroatoms. The summed E-state index contributed by atoms with van der Waals surface area (Å²) in [5.41, 5.74) is 3.25. The van der Waals surface area contributed by atoms with Gasteiger partial charge in [-0.1, -0.05) is 18.5 Å². The second-order valence-electron chi connectivity index (χ2n) is 5.29. The molecule has 0 aliphatic heterocycles. The van der Waals surface area contributed by atoms with Crippen LogP contribution in [0.15, 0.2) is 12.1 Å². The van der Waals surface area contributed by atoms with Gasteiger partial charge in [0.25, 0.3) is 0 Å². The third kappa shape index (κ3) is 1.92. The van der Waals surface area contributed by atoms with Crippen molar-refractivity contribution in [3.05, 3.63) is 28.5 Å². The highest BCUT2D eigenvalue weighted by Gasteiger charge is 2.33. The number of imidazole rings is 1. The van der Waals surface area contributed by atoms with E-state index < -0.39 is 0 Å². The second kappa shape index (κ2) is 4.43. The lowest BCUT2D eigenvalue weighted by Gasteiger charge is -2.09. The molecule has 0 amide bonds. The molecule has 1 aliphatic rings. The van der Waals surface area contributed by atoms with E-state index in [1.54, 1.807) is 0 Å². The normalized spacial score (nSPS) is 22.7. The van der Waals surface area contributed by atoms with Crippen molar-refractivity contribution in [2.45, 2.75) is 32.7 Å². The summed E-state index contributed by atoms with van der Waals surface area (Å²) in [6.07, 6.45) is 1.31. The Morgan fingerprint density at radius 3 is 2.78 bits per heavy atom. The molecule has 0 N–H and O–H groups in total. The van der Waals surface area contributed by atoms with E-state index in [2.05, 4.69) is 23.4 Å². The largest absolute Gasteiger partial charge is 0.326 e. The molecule has 0 radical (unpaired) electrons. The first-order valence-electron chi connectivity index (χ1n) is 6.32. The zero-order chi connectivity index (χ0) is 12.9. The van der Waals surface area contributed by atoms with Crippen LogP contribution in [0.1, 0.15) is 24.7 Å². The van der Waals surface area contributed by atoms with E-state index in [-0.39, 0.29) is 0 Å². The summed E-state index contributed by atoms with van der Waals surface area (Å²) in [5.74, 6) is 3.00. The van der Waals surface area contributed by atoms with Crippen LogP contribution < -0.4 is 0 Å². The fraction of sp³-hybridized carbons (Fsp3) is 0.500. The van der Waals surface area contributed by atoms with Crippen LogP contribution in [-0.2, 0) is 12.4 Å². The predicted molar refractivity (Wildman–Crippen MR) is 76.3 cm³/mol. The van der Waals surface area contributed by atoms with Gasteiger partial charge in [-0.3, -0.25) is 0 Å². The third-order valence-corrected chi connectivity index (χ3v) is 4.64. The minimum Gasteiger partial charge on any atom is -0.326 e. The van der Waals surface area contributed by atoms with Gasteiger partial charge >= 0.3 is 0 Å². The molecule has 2 unspecified atom stereocenters. The molecule has 1 aromatic heterocycles. The average molecular weight is 283 g/mol. The predicted octanol–water partition coefficient (Wildman–Crippen LogP) is 4.39. The quantitative estimate of drug-likeness (QED) is 0.764. The van der Waals surface area contributed by atoms with Crippen LogP contribution in [-0.4, -0.2) is 9.55 Å². The van der Waals surface area contributed by atoms with Crippen LogP contribution in [0.25, 0.3) is 11.0 Å². The standard InChI is InChI=1S/C14H16Cl2N2/c1-8-5-10(8)7-18-13(6-15)17-12-4-3-11(16)9(2)14(12)18/h3-4,8,10H,5-7H2,1-2H3. The van der Waals surface area contributed by atoms with Crippen LogP contribution in [0.5, 0.6) is 0 Å². The molecule has 0 spiro atoms. The Hall–Kier alpha value is -0.730. The minimum atomic E-state index is 0.451. The van der Waals surface area contributed by atoms with Gasteiger partial charge in [0, 0.05) is 11.6 Å². The van der Waals surface area contributed by atoms with Crippen molar-refractivity contribution in [3.8, 4) is 0 Å². The van der Waals surface area contributed by atoms with Gasteiger partial charge in [-0.15, -0.1) is 11.6 Å². The van der Waals surface area contributed by atoms with Gasteiger partial charge in [0.05, 0.1) is 16.9 Å². The second-order valence-corrected chi connectivity index (χ2v) is 5.96. The van der Waals surface area contributed by atoms with Crippen molar-refractivity contribution in [3.63, 3.8) is 0 Å². The number of hydrogen-bond donors (Lipinski definition) is 0. The van der Waals surface area contributed by atoms with E-state index >= 15 is 0 Å². The van der Waals surface area contributed by atoms with Crippen molar-refractivity contribution < 1.29 is 0 Å². The van der Waals surface area contributed by atoms with Gasteiger partial charge < -0.3 is 4.57 Å². The lowest BCUT2D eigenvalue weighted by atomic mass is 10.2. The highest BCUT2D eigenvalue weighted by molar-refractivity contribution is 6.32. The number of aromatic nitrogens is 2. The number of nitrogens with zero attached hydrogens (tertiary/aromatic N) is 2. The number of hydrogen-bond acceptors (Lipinski definition) is 1. The molecule has 0 saturated heterocycles. The molecule has 1 heterocycles. The zero-order valence-electron chi connectivity index (χ0n) is 10.6. The maximum Gasteiger partial charge on any atom is 0.124 e. The molecule has 1 aliphatic carbocycles. The molecule has 0 bridgehead atoms. The Morgan fingerprint density at radius 1 is 1.44 bits per heavy atom. The van der Waals surface area contributed by atoms with Crippen molar-refractivity contribution >= 4 is 34.2 Å². The van der Waals surface area contributed by atoms with Gasteiger partial charge in [-0.2, -0.15) is 0 Å². The Balaban J connectivity index is 2.15. The molecule has 96 valence electrons. The van der Waals surface area contributed by atoms with Crippen LogP contribution in [0.3, 0.4) is 0 Å². The summed E-state index contributed by atoms with van der Waals surface area (Å²) in [5, 5.41) is 0.800. The molecule has 1 saturated carbocycles. The Morgan fingerprint density at radius 2 is 2.17 bits per heavy atom. The van der Waals surface area contributed by atoms with Crippen molar-refractivity contribution in [1.29, 1.82) is 0 Å². The fourth-order valence-corrected chi connectivity index (χ4v) is 2.96. The maximum atomic E-state index is 6.22. The topological polar surface area (TPSA) is 17.8 Å². The summed E-state index contributed by atoms with van der Waals surface area (Å²) < 4.78 is 2.26. The maximum absolute atomic E-state index is 6.22. The van der Waals surface area contributed by atoms with Gasteiger partial charge in [0.15, 0.2) is 0 Å². The minimum absolute atomic E-state index is 0.451. The Kier molecular flexibility index (Phi) is 3.03. The first kappa shape index (κ1) is 12.3. The summed E-state index contributed by atoms with van der Waals surface area (Å²) in [6.45, 7) is 5.36. The van der Waals surface area contributed by atoms with Crippen LogP contribution in [0.2, 0.25) is 5.02 Å². The SMILES string of the molecule is Cc1c(Cl)ccc2nc(CCl)n(CC3CC3C)c12. The monoisotopic (exact) mass is 282 g/mol. The molecular formula is C14H16Cl2N2. The number of aryl methyl sites for hydroxylation is 1. The summed E-state index contributed by atoms with van der Waals surface area (Å²) in [6, 6.07) is 3.89. The van der Waals surface area contributed by atoms with E-state index in [4.69, 9.17) is 23.2 Å². The van der Waals surface area contributed by atoms with E-state index in [0.717, 1.165) is 45.8 Å². The number of benzene rings is 1. The van der Waals surface area contributed by atoms with Gasteiger partial charge in [-0.25, -0.2) is 4.98 Å². The van der Waals surface area contributed by atoms with Crippen LogP contribution >= 0.6 is 23.2 Å². The van der Waals surface area contributed by atoms with Gasteiger partial charge in [0.1, 0.15) is 5.82 Å². The first-order chi connectivity index (χ1) is 8.61. The molecular weight excluding hydrogens is 267 g/mol. The van der Waals surface area contributed by atoms with E-state index in [1.807, 2.05) is 12.1 Å².